The first kappa shape index (κ1) is 22.8. The van der Waals surface area contributed by atoms with Gasteiger partial charge in [-0.1, -0.05) is 48.5 Å². The smallest absolute Gasteiger partial charge is 0.407 e. The van der Waals surface area contributed by atoms with Crippen molar-refractivity contribution in [3.8, 4) is 11.1 Å². The summed E-state index contributed by atoms with van der Waals surface area (Å²) in [5, 5.41) is 12.0. The van der Waals surface area contributed by atoms with Gasteiger partial charge in [-0.25, -0.2) is 4.79 Å². The molecule has 2 fully saturated rings. The van der Waals surface area contributed by atoms with Crippen LogP contribution in [0.2, 0.25) is 0 Å². The van der Waals surface area contributed by atoms with Crippen LogP contribution in [0.15, 0.2) is 48.5 Å². The van der Waals surface area contributed by atoms with E-state index in [2.05, 4.69) is 29.6 Å². The van der Waals surface area contributed by atoms with Crippen LogP contribution in [0.25, 0.3) is 11.1 Å². The van der Waals surface area contributed by atoms with Gasteiger partial charge in [-0.15, -0.1) is 0 Å². The number of amides is 2. The summed E-state index contributed by atoms with van der Waals surface area (Å²) in [6.07, 6.45) is 1.85. The summed E-state index contributed by atoms with van der Waals surface area (Å²) in [6, 6.07) is 15.6. The van der Waals surface area contributed by atoms with Crippen LogP contribution >= 0.6 is 11.8 Å². The van der Waals surface area contributed by atoms with E-state index in [9.17, 15) is 19.5 Å². The molecule has 2 N–H and O–H groups in total. The molecule has 8 heteroatoms. The van der Waals surface area contributed by atoms with Gasteiger partial charge in [0, 0.05) is 19.0 Å². The number of carboxylic acids is 1. The number of nitrogens with zero attached hydrogens (tertiary/aromatic N) is 1. The fraction of sp³-hybridized carbons (Fsp3) is 0.423. The van der Waals surface area contributed by atoms with Crippen LogP contribution in [0.5, 0.6) is 0 Å². The van der Waals surface area contributed by atoms with Crippen LogP contribution in [0, 0.1) is 17.8 Å². The summed E-state index contributed by atoms with van der Waals surface area (Å²) in [5.74, 6) is -0.509. The predicted octanol–water partition coefficient (Wildman–Crippen LogP) is 3.44. The zero-order valence-corrected chi connectivity index (χ0v) is 19.8. The number of fused-ring (bicyclic) bond motifs is 4. The summed E-state index contributed by atoms with van der Waals surface area (Å²) >= 11 is 1.61. The maximum Gasteiger partial charge on any atom is 0.407 e. The lowest BCUT2D eigenvalue weighted by atomic mass is 9.98. The number of carbonyl (C=O) groups excluding carboxylic acids is 2. The van der Waals surface area contributed by atoms with Gasteiger partial charge in [0.15, 0.2) is 0 Å². The first-order valence-electron chi connectivity index (χ1n) is 11.6. The molecule has 4 atom stereocenters. The summed E-state index contributed by atoms with van der Waals surface area (Å²) in [4.78, 5) is 38.8. The number of hydrogen-bond donors (Lipinski definition) is 2. The highest BCUT2D eigenvalue weighted by Crippen LogP contribution is 2.52. The van der Waals surface area contributed by atoms with Crippen molar-refractivity contribution in [3.63, 3.8) is 0 Å². The summed E-state index contributed by atoms with van der Waals surface area (Å²) in [6.45, 7) is 1.09. The van der Waals surface area contributed by atoms with Gasteiger partial charge in [-0.3, -0.25) is 9.59 Å². The van der Waals surface area contributed by atoms with Crippen LogP contribution in [0.4, 0.5) is 4.79 Å². The molecule has 1 unspecified atom stereocenters. The maximum atomic E-state index is 13.1. The SMILES string of the molecule is CSCC[C@H](NC(=O)OCC1c2ccccc2-c2ccccc21)C(=O)N1C[C@@H]2C(C(=O)O)[C@@H]2C1. The van der Waals surface area contributed by atoms with Gasteiger partial charge < -0.3 is 20.1 Å². The Morgan fingerprint density at radius 1 is 1.06 bits per heavy atom. The number of alkyl carbamates (subject to hydrolysis) is 1. The molecule has 0 aromatic heterocycles. The minimum absolute atomic E-state index is 0.0390. The Morgan fingerprint density at radius 2 is 1.65 bits per heavy atom. The number of thioether (sulfide) groups is 1. The quantitative estimate of drug-likeness (QED) is 0.601. The average molecular weight is 481 g/mol. The number of benzene rings is 2. The number of carboxylic acid groups (broad SMARTS) is 1. The fourth-order valence-corrected chi connectivity index (χ4v) is 6.04. The van der Waals surface area contributed by atoms with E-state index in [0.717, 1.165) is 28.0 Å². The Kier molecular flexibility index (Phi) is 6.25. The minimum Gasteiger partial charge on any atom is -0.481 e. The number of rotatable bonds is 8. The molecule has 0 bridgehead atoms. The largest absolute Gasteiger partial charge is 0.481 e. The fourth-order valence-electron chi connectivity index (χ4n) is 5.57. The molecule has 3 aliphatic rings. The van der Waals surface area contributed by atoms with Crippen LogP contribution in [0.1, 0.15) is 23.5 Å². The Morgan fingerprint density at radius 3 is 2.21 bits per heavy atom. The van der Waals surface area contributed by atoms with Crippen molar-refractivity contribution in [3.05, 3.63) is 59.7 Å². The van der Waals surface area contributed by atoms with Crippen molar-refractivity contribution in [2.75, 3.05) is 31.7 Å². The second kappa shape index (κ2) is 9.33. The van der Waals surface area contributed by atoms with E-state index in [1.807, 2.05) is 30.5 Å². The van der Waals surface area contributed by atoms with Crippen LogP contribution in [-0.2, 0) is 14.3 Å². The Labute approximate surface area is 202 Å². The maximum absolute atomic E-state index is 13.1. The third kappa shape index (κ3) is 4.15. The molecule has 34 heavy (non-hydrogen) atoms. The van der Waals surface area contributed by atoms with E-state index in [1.165, 1.54) is 0 Å². The Balaban J connectivity index is 1.21. The molecule has 178 valence electrons. The topological polar surface area (TPSA) is 95.9 Å². The number of nitrogens with one attached hydrogen (secondary N) is 1. The van der Waals surface area contributed by atoms with E-state index >= 15 is 0 Å². The lowest BCUT2D eigenvalue weighted by Gasteiger charge is -2.26. The van der Waals surface area contributed by atoms with Crippen molar-refractivity contribution < 1.29 is 24.2 Å². The predicted molar refractivity (Wildman–Crippen MR) is 130 cm³/mol. The molecule has 1 saturated carbocycles. The van der Waals surface area contributed by atoms with Crippen molar-refractivity contribution in [2.24, 2.45) is 17.8 Å². The summed E-state index contributed by atoms with van der Waals surface area (Å²) < 4.78 is 5.64. The van der Waals surface area contributed by atoms with Gasteiger partial charge in [0.05, 0.1) is 5.92 Å². The molecule has 2 amide bonds. The molecule has 5 rings (SSSR count). The second-order valence-electron chi connectivity index (χ2n) is 9.24. The van der Waals surface area contributed by atoms with Crippen molar-refractivity contribution in [2.45, 2.75) is 18.4 Å². The molecule has 7 nitrogen and oxygen atoms in total. The van der Waals surface area contributed by atoms with E-state index < -0.39 is 18.1 Å². The third-order valence-corrected chi connectivity index (χ3v) is 7.98. The Bertz CT molecular complexity index is 1060. The van der Waals surface area contributed by atoms with Crippen molar-refractivity contribution in [1.82, 2.24) is 10.2 Å². The Hall–Kier alpha value is -3.00. The highest BCUT2D eigenvalue weighted by Gasteiger charge is 2.60. The number of hydrogen-bond acceptors (Lipinski definition) is 5. The third-order valence-electron chi connectivity index (χ3n) is 7.34. The van der Waals surface area contributed by atoms with Gasteiger partial charge in [-0.2, -0.15) is 11.8 Å². The molecule has 0 radical (unpaired) electrons. The van der Waals surface area contributed by atoms with E-state index in [-0.39, 0.29) is 36.2 Å². The monoisotopic (exact) mass is 480 g/mol. The molecule has 0 spiro atoms. The molecular formula is C26H28N2O5S. The molecule has 2 aromatic rings. The summed E-state index contributed by atoms with van der Waals surface area (Å²) in [7, 11) is 0. The summed E-state index contributed by atoms with van der Waals surface area (Å²) in [5.41, 5.74) is 4.59. The number of aliphatic carboxylic acids is 1. The highest BCUT2D eigenvalue weighted by atomic mass is 32.2. The number of piperidine rings is 1. The lowest BCUT2D eigenvalue weighted by molar-refractivity contribution is -0.141. The minimum atomic E-state index is -0.780. The van der Waals surface area contributed by atoms with Gasteiger partial charge in [0.25, 0.3) is 0 Å². The molecule has 1 saturated heterocycles. The molecular weight excluding hydrogens is 452 g/mol. The average Bonchev–Trinajstić information content (AvgIpc) is 3.20. The van der Waals surface area contributed by atoms with Gasteiger partial charge >= 0.3 is 12.1 Å². The molecule has 2 aromatic carbocycles. The van der Waals surface area contributed by atoms with Crippen molar-refractivity contribution >= 4 is 29.7 Å². The standard InChI is InChI=1S/C26H28N2O5S/c1-34-11-10-22(24(29)28-12-19-20(13-28)23(19)25(30)31)27-26(32)33-14-21-17-8-4-2-6-15(17)16-7-3-5-9-18(16)21/h2-9,19-23H,10-14H2,1H3,(H,27,32)(H,30,31)/t19-,20+,22-,23?/m0/s1. The highest BCUT2D eigenvalue weighted by molar-refractivity contribution is 7.98. The van der Waals surface area contributed by atoms with E-state index in [0.29, 0.717) is 19.5 Å². The van der Waals surface area contributed by atoms with E-state index in [4.69, 9.17) is 4.74 Å². The number of carbonyl (C=O) groups is 3. The normalized spacial score (nSPS) is 23.0. The first-order valence-corrected chi connectivity index (χ1v) is 13.0. The van der Waals surface area contributed by atoms with Gasteiger partial charge in [0.2, 0.25) is 5.91 Å². The lowest BCUT2D eigenvalue weighted by Crippen LogP contribution is -2.49. The first-order chi connectivity index (χ1) is 16.5. The number of likely N-dealkylation sites (tertiary alicyclic amines) is 1. The van der Waals surface area contributed by atoms with Crippen LogP contribution in [-0.4, -0.2) is 65.7 Å². The van der Waals surface area contributed by atoms with Gasteiger partial charge in [0.1, 0.15) is 12.6 Å². The zero-order chi connectivity index (χ0) is 23.8. The second-order valence-corrected chi connectivity index (χ2v) is 10.2. The van der Waals surface area contributed by atoms with Crippen LogP contribution < -0.4 is 5.32 Å². The van der Waals surface area contributed by atoms with Crippen molar-refractivity contribution in [1.29, 1.82) is 0 Å². The molecule has 2 aliphatic carbocycles. The number of ether oxygens (including phenoxy) is 1. The van der Waals surface area contributed by atoms with E-state index in [1.54, 1.807) is 16.7 Å². The molecule has 1 heterocycles. The van der Waals surface area contributed by atoms with Gasteiger partial charge in [-0.05, 0) is 52.5 Å². The van der Waals surface area contributed by atoms with Crippen LogP contribution in [0.3, 0.4) is 0 Å². The molecule has 1 aliphatic heterocycles. The zero-order valence-electron chi connectivity index (χ0n) is 19.0.